The maximum absolute atomic E-state index is 9.60. The number of rotatable bonds is 2. The van der Waals surface area contributed by atoms with Crippen LogP contribution in [0.1, 0.15) is 32.1 Å². The Hall–Kier alpha value is -0.670. The molecule has 0 aliphatic carbocycles. The lowest BCUT2D eigenvalue weighted by molar-refractivity contribution is -0.222. The molecular formula is C12H17NO4. The highest BCUT2D eigenvalue weighted by molar-refractivity contribution is 5.04. The first-order valence-electron chi connectivity index (χ1n) is 6.23. The fourth-order valence-electron chi connectivity index (χ4n) is 3.15. The Bertz CT molecular complexity index is 342. The highest BCUT2D eigenvalue weighted by Gasteiger charge is 2.58. The summed E-state index contributed by atoms with van der Waals surface area (Å²) >= 11 is 0. The van der Waals surface area contributed by atoms with Crippen LogP contribution in [0.15, 0.2) is 0 Å². The molecule has 5 atom stereocenters. The van der Waals surface area contributed by atoms with Crippen LogP contribution in [0.25, 0.3) is 0 Å². The molecule has 1 N–H and O–H groups in total. The molecule has 2 bridgehead atoms. The number of nitriles is 1. The van der Waals surface area contributed by atoms with Crippen LogP contribution in [0.5, 0.6) is 0 Å². The summed E-state index contributed by atoms with van der Waals surface area (Å²) in [4.78, 5) is 0. The number of aliphatic hydroxyl groups excluding tert-OH is 1. The molecule has 0 aromatic rings. The number of hydrogen-bond donors (Lipinski definition) is 1. The molecule has 3 rings (SSSR count). The van der Waals surface area contributed by atoms with E-state index in [-0.39, 0.29) is 23.9 Å². The topological polar surface area (TPSA) is 71.7 Å². The van der Waals surface area contributed by atoms with Crippen LogP contribution < -0.4 is 0 Å². The van der Waals surface area contributed by atoms with Gasteiger partial charge in [0.05, 0.1) is 24.9 Å². The predicted octanol–water partition coefficient (Wildman–Crippen LogP) is 0.714. The second-order valence-corrected chi connectivity index (χ2v) is 5.15. The Morgan fingerprint density at radius 1 is 1.41 bits per heavy atom. The largest absolute Gasteiger partial charge is 0.366 e. The molecule has 1 spiro atoms. The minimum absolute atomic E-state index is 0.0444. The summed E-state index contributed by atoms with van der Waals surface area (Å²) < 4.78 is 17.2. The van der Waals surface area contributed by atoms with E-state index >= 15 is 0 Å². The van der Waals surface area contributed by atoms with Gasteiger partial charge in [0.15, 0.2) is 6.29 Å². The van der Waals surface area contributed by atoms with E-state index in [1.807, 2.05) is 0 Å². The Morgan fingerprint density at radius 3 is 3.12 bits per heavy atom. The highest BCUT2D eigenvalue weighted by Crippen LogP contribution is 2.46. The molecule has 0 aromatic heterocycles. The first kappa shape index (κ1) is 11.4. The van der Waals surface area contributed by atoms with Crippen LogP contribution in [0, 0.1) is 11.3 Å². The third kappa shape index (κ3) is 1.85. The summed E-state index contributed by atoms with van der Waals surface area (Å²) in [5.41, 5.74) is -0.373. The zero-order valence-electron chi connectivity index (χ0n) is 9.67. The molecule has 0 saturated carbocycles. The van der Waals surface area contributed by atoms with Crippen molar-refractivity contribution in [3.05, 3.63) is 0 Å². The van der Waals surface area contributed by atoms with E-state index in [0.717, 1.165) is 19.3 Å². The molecule has 0 radical (unpaired) electrons. The van der Waals surface area contributed by atoms with Gasteiger partial charge in [-0.3, -0.25) is 0 Å². The average molecular weight is 239 g/mol. The molecule has 3 heterocycles. The van der Waals surface area contributed by atoms with E-state index in [2.05, 4.69) is 6.07 Å². The number of aliphatic hydroxyl groups is 1. The molecule has 3 fully saturated rings. The maximum atomic E-state index is 9.60. The van der Waals surface area contributed by atoms with Gasteiger partial charge in [0.2, 0.25) is 0 Å². The van der Waals surface area contributed by atoms with Gasteiger partial charge >= 0.3 is 0 Å². The summed E-state index contributed by atoms with van der Waals surface area (Å²) in [7, 11) is 0. The van der Waals surface area contributed by atoms with E-state index in [9.17, 15) is 5.11 Å². The van der Waals surface area contributed by atoms with Crippen LogP contribution in [0.3, 0.4) is 0 Å². The van der Waals surface area contributed by atoms with Gasteiger partial charge in [-0.15, -0.1) is 0 Å². The van der Waals surface area contributed by atoms with Gasteiger partial charge in [0.25, 0.3) is 0 Å². The van der Waals surface area contributed by atoms with Crippen LogP contribution >= 0.6 is 0 Å². The second kappa shape index (κ2) is 4.21. The monoisotopic (exact) mass is 239 g/mol. The van der Waals surface area contributed by atoms with Crippen molar-refractivity contribution < 1.29 is 19.3 Å². The van der Waals surface area contributed by atoms with Gasteiger partial charge in [-0.25, -0.2) is 0 Å². The number of hydrogen-bond acceptors (Lipinski definition) is 5. The molecule has 5 nitrogen and oxygen atoms in total. The fraction of sp³-hybridized carbons (Fsp3) is 0.917. The first-order chi connectivity index (χ1) is 8.23. The molecule has 0 unspecified atom stereocenters. The summed E-state index contributed by atoms with van der Waals surface area (Å²) in [6.07, 6.45) is 2.99. The van der Waals surface area contributed by atoms with Gasteiger partial charge in [-0.1, -0.05) is 0 Å². The molecule has 3 aliphatic heterocycles. The molecule has 5 heteroatoms. The molecule has 3 saturated heterocycles. The summed E-state index contributed by atoms with van der Waals surface area (Å²) in [5.74, 6) is 0. The quantitative estimate of drug-likeness (QED) is 0.768. The standard InChI is InChI=1S/C12H17NO4/c13-5-1-2-8-3-4-10-12(17-8)6-9(16-10)11(14)15-7-12/h8-11,14H,1-4,6-7H2/t8-,9+,10-,11+,12+/m0/s1. The normalized spacial score (nSPS) is 48.5. The lowest BCUT2D eigenvalue weighted by Crippen LogP contribution is -2.53. The van der Waals surface area contributed by atoms with Gasteiger partial charge in [0, 0.05) is 12.8 Å². The van der Waals surface area contributed by atoms with Gasteiger partial charge < -0.3 is 19.3 Å². The van der Waals surface area contributed by atoms with Gasteiger partial charge in [-0.05, 0) is 19.3 Å². The third-order valence-electron chi connectivity index (χ3n) is 4.02. The van der Waals surface area contributed by atoms with Gasteiger partial charge in [-0.2, -0.15) is 5.26 Å². The minimum atomic E-state index is -0.813. The molecular weight excluding hydrogens is 222 g/mol. The maximum Gasteiger partial charge on any atom is 0.181 e. The number of ether oxygens (including phenoxy) is 3. The molecule has 0 amide bonds. The Labute approximate surface area is 100 Å². The van der Waals surface area contributed by atoms with Crippen LogP contribution in [-0.2, 0) is 14.2 Å². The second-order valence-electron chi connectivity index (χ2n) is 5.15. The fourth-order valence-corrected chi connectivity index (χ4v) is 3.15. The van der Waals surface area contributed by atoms with Crippen LogP contribution in [0.4, 0.5) is 0 Å². The van der Waals surface area contributed by atoms with Gasteiger partial charge in [0.1, 0.15) is 11.7 Å². The number of fused-ring (bicyclic) bond motifs is 1. The summed E-state index contributed by atoms with van der Waals surface area (Å²) in [6.45, 7) is 0.401. The van der Waals surface area contributed by atoms with E-state index < -0.39 is 6.29 Å². The zero-order valence-corrected chi connectivity index (χ0v) is 9.67. The molecule has 17 heavy (non-hydrogen) atoms. The van der Waals surface area contributed by atoms with Crippen LogP contribution in [-0.4, -0.2) is 41.9 Å². The van der Waals surface area contributed by atoms with Crippen molar-refractivity contribution in [1.29, 1.82) is 5.26 Å². The molecule has 3 aliphatic rings. The van der Waals surface area contributed by atoms with E-state index in [0.29, 0.717) is 19.4 Å². The molecule has 94 valence electrons. The lowest BCUT2D eigenvalue weighted by atomic mass is 9.85. The van der Waals surface area contributed by atoms with E-state index in [1.54, 1.807) is 0 Å². The van der Waals surface area contributed by atoms with Crippen molar-refractivity contribution >= 4 is 0 Å². The predicted molar refractivity (Wildman–Crippen MR) is 56.9 cm³/mol. The Kier molecular flexibility index (Phi) is 2.83. The third-order valence-corrected chi connectivity index (χ3v) is 4.02. The Balaban J connectivity index is 1.70. The van der Waals surface area contributed by atoms with E-state index in [4.69, 9.17) is 19.5 Å². The first-order valence-corrected chi connectivity index (χ1v) is 6.23. The number of nitrogens with zero attached hydrogens (tertiary/aromatic N) is 1. The summed E-state index contributed by atoms with van der Waals surface area (Å²) in [5, 5.41) is 18.2. The van der Waals surface area contributed by atoms with Crippen molar-refractivity contribution in [1.82, 2.24) is 0 Å². The van der Waals surface area contributed by atoms with E-state index in [1.165, 1.54) is 0 Å². The van der Waals surface area contributed by atoms with Crippen molar-refractivity contribution in [2.75, 3.05) is 6.61 Å². The minimum Gasteiger partial charge on any atom is -0.366 e. The van der Waals surface area contributed by atoms with Crippen LogP contribution in [0.2, 0.25) is 0 Å². The van der Waals surface area contributed by atoms with Crippen molar-refractivity contribution in [2.45, 2.75) is 62.3 Å². The average Bonchev–Trinajstić information content (AvgIpc) is 2.66. The smallest absolute Gasteiger partial charge is 0.181 e. The zero-order chi connectivity index (χ0) is 11.9. The SMILES string of the molecule is N#CCC[C@H]1CC[C@@H]2O[C@@H]3C[C@]2(CO[C@H]3O)O1. The Morgan fingerprint density at radius 2 is 2.29 bits per heavy atom. The van der Waals surface area contributed by atoms with Crippen molar-refractivity contribution in [3.8, 4) is 6.07 Å². The lowest BCUT2D eigenvalue weighted by Gasteiger charge is -2.42. The molecule has 0 aromatic carbocycles. The van der Waals surface area contributed by atoms with Crippen molar-refractivity contribution in [3.63, 3.8) is 0 Å². The summed E-state index contributed by atoms with van der Waals surface area (Å²) in [6, 6.07) is 2.15. The van der Waals surface area contributed by atoms with Crippen molar-refractivity contribution in [2.24, 2.45) is 0 Å². The highest BCUT2D eigenvalue weighted by atomic mass is 16.7.